The van der Waals surface area contributed by atoms with Crippen molar-refractivity contribution in [3.63, 3.8) is 0 Å². The normalized spacial score (nSPS) is 17.5. The van der Waals surface area contributed by atoms with Crippen molar-refractivity contribution in [2.45, 2.75) is 12.5 Å². The van der Waals surface area contributed by atoms with Crippen LogP contribution < -0.4 is 5.32 Å². The molecular weight excluding hydrogens is 242 g/mol. The van der Waals surface area contributed by atoms with E-state index in [0.29, 0.717) is 13.0 Å². The van der Waals surface area contributed by atoms with Gasteiger partial charge in [-0.1, -0.05) is 12.1 Å². The molecule has 5 radical (unpaired) electrons. The monoisotopic (exact) mass is 258 g/mol. The molecule has 0 aliphatic heterocycles. The first kappa shape index (κ1) is 13.9. The summed E-state index contributed by atoms with van der Waals surface area (Å²) in [6, 6.07) is 5.95. The molecule has 0 amide bonds. The van der Waals surface area contributed by atoms with Crippen molar-refractivity contribution in [3.05, 3.63) is 61.4 Å². The Hall–Kier alpha value is -1.55. The maximum absolute atomic E-state index is 11.2. The highest BCUT2D eigenvalue weighted by molar-refractivity contribution is 5.74. The predicted molar refractivity (Wildman–Crippen MR) is 71.7 cm³/mol. The third-order valence-electron chi connectivity index (χ3n) is 2.96. The Morgan fingerprint density at radius 1 is 1.16 bits per heavy atom. The average Bonchev–Trinajstić information content (AvgIpc) is 2.89. The third kappa shape index (κ3) is 4.24. The van der Waals surface area contributed by atoms with E-state index in [1.807, 2.05) is 25.7 Å². The lowest BCUT2D eigenvalue weighted by molar-refractivity contribution is -0.139. The van der Waals surface area contributed by atoms with Crippen LogP contribution in [-0.4, -0.2) is 28.8 Å². The minimum Gasteiger partial charge on any atom is -0.508 e. The Bertz CT molecular complexity index is 410. The molecule has 4 nitrogen and oxygen atoms in total. The van der Waals surface area contributed by atoms with Gasteiger partial charge >= 0.3 is 5.97 Å². The van der Waals surface area contributed by atoms with E-state index < -0.39 is 12.0 Å². The Balaban J connectivity index is 1.88. The molecule has 2 rings (SSSR count). The Morgan fingerprint density at radius 2 is 1.79 bits per heavy atom. The van der Waals surface area contributed by atoms with Crippen LogP contribution in [0.25, 0.3) is 0 Å². The number of aromatic hydroxyl groups is 1. The molecule has 1 fully saturated rings. The maximum atomic E-state index is 11.2. The van der Waals surface area contributed by atoms with Gasteiger partial charge in [0.2, 0.25) is 0 Å². The van der Waals surface area contributed by atoms with Gasteiger partial charge in [0, 0.05) is 6.54 Å². The van der Waals surface area contributed by atoms with Crippen molar-refractivity contribution in [1.29, 1.82) is 0 Å². The molecular formula is C15H16NO3. The summed E-state index contributed by atoms with van der Waals surface area (Å²) < 4.78 is 0. The number of carbonyl (C=O) groups is 1. The number of phenols is 1. The van der Waals surface area contributed by atoms with Gasteiger partial charge in [-0.15, -0.1) is 0 Å². The summed E-state index contributed by atoms with van der Waals surface area (Å²) >= 11 is 0. The molecule has 99 valence electrons. The van der Waals surface area contributed by atoms with Gasteiger partial charge < -0.3 is 15.5 Å². The van der Waals surface area contributed by atoms with Crippen LogP contribution in [0.2, 0.25) is 0 Å². The fourth-order valence-corrected chi connectivity index (χ4v) is 1.89. The molecule has 0 bridgehead atoms. The zero-order valence-electron chi connectivity index (χ0n) is 10.4. The molecule has 3 N–H and O–H groups in total. The largest absolute Gasteiger partial charge is 0.508 e. The number of carboxylic acid groups (broad SMARTS) is 1. The number of aliphatic carboxylic acids is 1. The van der Waals surface area contributed by atoms with E-state index in [1.165, 1.54) is 0 Å². The highest BCUT2D eigenvalue weighted by Crippen LogP contribution is 2.22. The smallest absolute Gasteiger partial charge is 0.321 e. The summed E-state index contributed by atoms with van der Waals surface area (Å²) in [7, 11) is 0. The molecule has 1 atom stereocenters. The minimum absolute atomic E-state index is 0.181. The van der Waals surface area contributed by atoms with Crippen LogP contribution >= 0.6 is 0 Å². The molecule has 19 heavy (non-hydrogen) atoms. The molecule has 0 saturated heterocycles. The molecule has 1 aliphatic carbocycles. The SMILES string of the molecule is O=C(O)[C@H](Cc1ccc(O)cc1)NC[C]1[CH][CH][CH][CH]1. The average molecular weight is 258 g/mol. The second-order valence-electron chi connectivity index (χ2n) is 4.44. The topological polar surface area (TPSA) is 69.6 Å². The van der Waals surface area contributed by atoms with Crippen molar-refractivity contribution in [3.8, 4) is 5.75 Å². The highest BCUT2D eigenvalue weighted by atomic mass is 16.4. The predicted octanol–water partition coefficient (Wildman–Crippen LogP) is 1.38. The molecule has 0 aromatic heterocycles. The zero-order chi connectivity index (χ0) is 13.7. The van der Waals surface area contributed by atoms with Crippen LogP contribution in [0.1, 0.15) is 5.56 Å². The van der Waals surface area contributed by atoms with Crippen LogP contribution in [0.15, 0.2) is 24.3 Å². The van der Waals surface area contributed by atoms with Gasteiger partial charge in [-0.2, -0.15) is 0 Å². The first-order chi connectivity index (χ1) is 9.15. The van der Waals surface area contributed by atoms with Crippen molar-refractivity contribution in [2.75, 3.05) is 6.54 Å². The van der Waals surface area contributed by atoms with E-state index in [9.17, 15) is 15.0 Å². The van der Waals surface area contributed by atoms with Crippen LogP contribution in [0, 0.1) is 31.6 Å². The first-order valence-corrected chi connectivity index (χ1v) is 6.10. The second kappa shape index (κ2) is 6.57. The first-order valence-electron chi connectivity index (χ1n) is 6.10. The molecule has 1 aromatic carbocycles. The fraction of sp³-hybridized carbons (Fsp3) is 0.200. The summed E-state index contributed by atoms with van der Waals surface area (Å²) in [6.45, 7) is 0.530. The lowest BCUT2D eigenvalue weighted by atomic mass is 10.0. The lowest BCUT2D eigenvalue weighted by Gasteiger charge is -2.17. The summed E-state index contributed by atoms with van der Waals surface area (Å²) in [4.78, 5) is 11.2. The zero-order valence-corrected chi connectivity index (χ0v) is 10.4. The Morgan fingerprint density at radius 3 is 2.37 bits per heavy atom. The van der Waals surface area contributed by atoms with E-state index in [4.69, 9.17) is 0 Å². The Labute approximate surface area is 113 Å². The number of carboxylic acids is 1. The summed E-state index contributed by atoms with van der Waals surface area (Å²) in [5.74, 6) is 0.372. The minimum atomic E-state index is -0.875. The molecule has 0 heterocycles. The van der Waals surface area contributed by atoms with Gasteiger partial charge in [0.25, 0.3) is 0 Å². The Kier molecular flexibility index (Phi) is 4.80. The summed E-state index contributed by atoms with van der Waals surface area (Å²) in [5, 5.41) is 21.4. The van der Waals surface area contributed by atoms with Gasteiger partial charge in [-0.3, -0.25) is 4.79 Å². The third-order valence-corrected chi connectivity index (χ3v) is 2.96. The molecule has 1 saturated carbocycles. The van der Waals surface area contributed by atoms with Crippen molar-refractivity contribution >= 4 is 5.97 Å². The van der Waals surface area contributed by atoms with Gasteiger partial charge in [-0.05, 0) is 55.7 Å². The number of phenolic OH excluding ortho intramolecular Hbond substituents is 1. The van der Waals surface area contributed by atoms with Crippen LogP contribution in [0.3, 0.4) is 0 Å². The summed E-state index contributed by atoms with van der Waals surface area (Å²) in [5.41, 5.74) is 0.875. The van der Waals surface area contributed by atoms with Crippen LogP contribution in [0.4, 0.5) is 0 Å². The second-order valence-corrected chi connectivity index (χ2v) is 4.44. The van der Waals surface area contributed by atoms with Crippen LogP contribution in [0.5, 0.6) is 5.75 Å². The molecule has 0 spiro atoms. The van der Waals surface area contributed by atoms with E-state index >= 15 is 0 Å². The van der Waals surface area contributed by atoms with Gasteiger partial charge in [-0.25, -0.2) is 0 Å². The van der Waals surface area contributed by atoms with E-state index in [0.717, 1.165) is 11.5 Å². The van der Waals surface area contributed by atoms with Crippen molar-refractivity contribution < 1.29 is 15.0 Å². The van der Waals surface area contributed by atoms with E-state index in [1.54, 1.807) is 24.3 Å². The molecule has 0 unspecified atom stereocenters. The number of nitrogens with one attached hydrogen (secondary N) is 1. The lowest BCUT2D eigenvalue weighted by Crippen LogP contribution is -2.40. The number of hydrogen-bond donors (Lipinski definition) is 3. The van der Waals surface area contributed by atoms with Crippen LogP contribution in [-0.2, 0) is 11.2 Å². The standard InChI is InChI=1S/C15H16NO3/c17-13-7-5-11(6-8-13)9-14(15(18)19)16-10-12-3-1-2-4-12/h1-8,14,16-17H,9-10H2,(H,18,19)/t14-/m0/s1. The van der Waals surface area contributed by atoms with Gasteiger partial charge in [0.05, 0.1) is 0 Å². The van der Waals surface area contributed by atoms with E-state index in [-0.39, 0.29) is 5.75 Å². The van der Waals surface area contributed by atoms with Gasteiger partial charge in [0.15, 0.2) is 0 Å². The quantitative estimate of drug-likeness (QED) is 0.721. The highest BCUT2D eigenvalue weighted by Gasteiger charge is 2.22. The van der Waals surface area contributed by atoms with Crippen molar-refractivity contribution in [1.82, 2.24) is 5.32 Å². The fourth-order valence-electron chi connectivity index (χ4n) is 1.89. The summed E-state index contributed by atoms with van der Waals surface area (Å²) in [6.07, 6.45) is 8.13. The van der Waals surface area contributed by atoms with E-state index in [2.05, 4.69) is 5.32 Å². The molecule has 4 heteroatoms. The number of benzene rings is 1. The maximum Gasteiger partial charge on any atom is 0.321 e. The van der Waals surface area contributed by atoms with Gasteiger partial charge in [0.1, 0.15) is 11.8 Å². The number of hydrogen-bond acceptors (Lipinski definition) is 3. The molecule has 1 aliphatic rings. The molecule has 1 aromatic rings. The number of rotatable bonds is 6. The van der Waals surface area contributed by atoms with Crippen molar-refractivity contribution in [2.24, 2.45) is 0 Å².